The number of likely N-dealkylation sites (tertiary alicyclic amines) is 1. The van der Waals surface area contributed by atoms with Gasteiger partial charge in [0.1, 0.15) is 12.1 Å². The maximum Gasteiger partial charge on any atom is 0.255 e. The maximum atomic E-state index is 12.7. The van der Waals surface area contributed by atoms with Crippen LogP contribution in [0.15, 0.2) is 67.4 Å². The number of amides is 2. The Morgan fingerprint density at radius 1 is 1.00 bits per heavy atom. The number of imidazole rings is 1. The summed E-state index contributed by atoms with van der Waals surface area (Å²) < 4.78 is 1.79. The Kier molecular flexibility index (Phi) is 5.14. The summed E-state index contributed by atoms with van der Waals surface area (Å²) >= 11 is 0. The summed E-state index contributed by atoms with van der Waals surface area (Å²) in [7, 11) is 0. The molecule has 3 heterocycles. The molecule has 2 amide bonds. The topological polar surface area (TPSA) is 80.1 Å². The molecule has 28 heavy (non-hydrogen) atoms. The Morgan fingerprint density at radius 3 is 2.43 bits per heavy atom. The Balaban J connectivity index is 1.32. The van der Waals surface area contributed by atoms with Crippen LogP contribution in [0.3, 0.4) is 0 Å². The molecule has 1 aliphatic heterocycles. The van der Waals surface area contributed by atoms with Gasteiger partial charge in [-0.2, -0.15) is 0 Å². The van der Waals surface area contributed by atoms with E-state index in [4.69, 9.17) is 0 Å². The first-order valence-corrected chi connectivity index (χ1v) is 9.30. The smallest absolute Gasteiger partial charge is 0.255 e. The van der Waals surface area contributed by atoms with E-state index in [1.807, 2.05) is 29.2 Å². The number of nitrogens with one attached hydrogen (secondary N) is 1. The summed E-state index contributed by atoms with van der Waals surface area (Å²) in [4.78, 5) is 35.2. The SMILES string of the molecule is O=C(NC1CCN(C(=O)c2ccc(-n3ccnc3)nc2)CC1)c1ccccc1. The van der Waals surface area contributed by atoms with Crippen molar-refractivity contribution in [2.24, 2.45) is 0 Å². The Labute approximate surface area is 163 Å². The molecular formula is C21H21N5O2. The van der Waals surface area contributed by atoms with Crippen LogP contribution in [0.5, 0.6) is 0 Å². The summed E-state index contributed by atoms with van der Waals surface area (Å²) in [5, 5.41) is 3.06. The third-order valence-electron chi connectivity index (χ3n) is 4.92. The van der Waals surface area contributed by atoms with E-state index in [-0.39, 0.29) is 17.9 Å². The number of piperidine rings is 1. The number of benzene rings is 1. The molecule has 7 heteroatoms. The van der Waals surface area contributed by atoms with Gasteiger partial charge in [0.2, 0.25) is 0 Å². The lowest BCUT2D eigenvalue weighted by atomic mass is 10.0. The average Bonchev–Trinajstić information content (AvgIpc) is 3.29. The van der Waals surface area contributed by atoms with Gasteiger partial charge in [-0.1, -0.05) is 18.2 Å². The second-order valence-electron chi connectivity index (χ2n) is 6.78. The largest absolute Gasteiger partial charge is 0.349 e. The number of carbonyl (C=O) groups is 2. The van der Waals surface area contributed by atoms with E-state index in [2.05, 4.69) is 15.3 Å². The summed E-state index contributed by atoms with van der Waals surface area (Å²) in [5.41, 5.74) is 1.22. The van der Waals surface area contributed by atoms with E-state index in [0.717, 1.165) is 18.7 Å². The van der Waals surface area contributed by atoms with Crippen LogP contribution < -0.4 is 5.32 Å². The van der Waals surface area contributed by atoms with Gasteiger partial charge in [0, 0.05) is 43.3 Å². The van der Waals surface area contributed by atoms with Crippen LogP contribution in [0.2, 0.25) is 0 Å². The van der Waals surface area contributed by atoms with Gasteiger partial charge >= 0.3 is 0 Å². The zero-order valence-electron chi connectivity index (χ0n) is 15.4. The molecule has 0 atom stereocenters. The number of pyridine rings is 1. The van der Waals surface area contributed by atoms with Gasteiger partial charge in [0.05, 0.1) is 5.56 Å². The number of carbonyl (C=O) groups excluding carboxylic acids is 2. The van der Waals surface area contributed by atoms with Crippen molar-refractivity contribution in [3.8, 4) is 5.82 Å². The van der Waals surface area contributed by atoms with E-state index < -0.39 is 0 Å². The quantitative estimate of drug-likeness (QED) is 0.759. The molecule has 4 rings (SSSR count). The van der Waals surface area contributed by atoms with Crippen LogP contribution in [0, 0.1) is 0 Å². The molecular weight excluding hydrogens is 354 g/mol. The van der Waals surface area contributed by atoms with Gasteiger partial charge in [-0.3, -0.25) is 14.2 Å². The molecule has 2 aromatic heterocycles. The highest BCUT2D eigenvalue weighted by molar-refractivity contribution is 5.95. The minimum absolute atomic E-state index is 0.0301. The van der Waals surface area contributed by atoms with Crippen LogP contribution in [-0.4, -0.2) is 50.4 Å². The van der Waals surface area contributed by atoms with Crippen molar-refractivity contribution in [2.45, 2.75) is 18.9 Å². The summed E-state index contributed by atoms with van der Waals surface area (Å²) in [6.07, 6.45) is 8.23. The standard InChI is InChI=1S/C21H21N5O2/c27-20(16-4-2-1-3-5-16)24-18-8-11-25(12-9-18)21(28)17-6-7-19(23-14-17)26-13-10-22-15-26/h1-7,10,13-15,18H,8-9,11-12H2,(H,24,27). The van der Waals surface area contributed by atoms with Crippen molar-refractivity contribution in [3.05, 3.63) is 78.5 Å². The number of aromatic nitrogens is 3. The molecule has 1 saturated heterocycles. The molecule has 0 saturated carbocycles. The molecule has 1 N–H and O–H groups in total. The fourth-order valence-corrected chi connectivity index (χ4v) is 3.33. The number of hydrogen-bond donors (Lipinski definition) is 1. The molecule has 0 bridgehead atoms. The lowest BCUT2D eigenvalue weighted by Crippen LogP contribution is -2.46. The van der Waals surface area contributed by atoms with Gasteiger partial charge < -0.3 is 10.2 Å². The lowest BCUT2D eigenvalue weighted by molar-refractivity contribution is 0.0697. The summed E-state index contributed by atoms with van der Waals surface area (Å²) in [6, 6.07) is 12.9. The summed E-state index contributed by atoms with van der Waals surface area (Å²) in [6.45, 7) is 1.23. The first-order valence-electron chi connectivity index (χ1n) is 9.30. The van der Waals surface area contributed by atoms with Gasteiger partial charge in [0.25, 0.3) is 11.8 Å². The van der Waals surface area contributed by atoms with Gasteiger partial charge in [0.15, 0.2) is 0 Å². The first kappa shape index (κ1) is 17.9. The molecule has 0 radical (unpaired) electrons. The molecule has 0 spiro atoms. The zero-order valence-corrected chi connectivity index (χ0v) is 15.4. The van der Waals surface area contributed by atoms with Crippen LogP contribution in [0.4, 0.5) is 0 Å². The van der Waals surface area contributed by atoms with E-state index in [1.54, 1.807) is 47.7 Å². The monoisotopic (exact) mass is 375 g/mol. The number of nitrogens with zero attached hydrogens (tertiary/aromatic N) is 4. The molecule has 3 aromatic rings. The Morgan fingerprint density at radius 2 is 1.79 bits per heavy atom. The first-order chi connectivity index (χ1) is 13.7. The van der Waals surface area contributed by atoms with Crippen molar-refractivity contribution in [2.75, 3.05) is 13.1 Å². The van der Waals surface area contributed by atoms with E-state index in [0.29, 0.717) is 24.2 Å². The maximum absolute atomic E-state index is 12.7. The molecule has 1 aliphatic rings. The minimum Gasteiger partial charge on any atom is -0.349 e. The van der Waals surface area contributed by atoms with Crippen molar-refractivity contribution in [3.63, 3.8) is 0 Å². The summed E-state index contributed by atoms with van der Waals surface area (Å²) in [5.74, 6) is 0.624. The van der Waals surface area contributed by atoms with Gasteiger partial charge in [-0.25, -0.2) is 9.97 Å². The average molecular weight is 375 g/mol. The molecule has 1 aromatic carbocycles. The molecule has 142 valence electrons. The van der Waals surface area contributed by atoms with E-state index in [1.165, 1.54) is 0 Å². The second-order valence-corrected chi connectivity index (χ2v) is 6.78. The van der Waals surface area contributed by atoms with Crippen LogP contribution in [0.1, 0.15) is 33.6 Å². The third-order valence-corrected chi connectivity index (χ3v) is 4.92. The van der Waals surface area contributed by atoms with Crippen LogP contribution >= 0.6 is 0 Å². The van der Waals surface area contributed by atoms with Crippen molar-refractivity contribution in [1.29, 1.82) is 0 Å². The van der Waals surface area contributed by atoms with Crippen LogP contribution in [-0.2, 0) is 0 Å². The number of hydrogen-bond acceptors (Lipinski definition) is 4. The van der Waals surface area contributed by atoms with E-state index in [9.17, 15) is 9.59 Å². The lowest BCUT2D eigenvalue weighted by Gasteiger charge is -2.32. The predicted molar refractivity (Wildman–Crippen MR) is 104 cm³/mol. The van der Waals surface area contributed by atoms with Gasteiger partial charge in [-0.15, -0.1) is 0 Å². The highest BCUT2D eigenvalue weighted by Gasteiger charge is 2.25. The molecule has 1 fully saturated rings. The highest BCUT2D eigenvalue weighted by Crippen LogP contribution is 2.15. The fraction of sp³-hybridized carbons (Fsp3) is 0.238. The van der Waals surface area contributed by atoms with Crippen molar-refractivity contribution >= 4 is 11.8 Å². The van der Waals surface area contributed by atoms with Gasteiger partial charge in [-0.05, 0) is 37.1 Å². The third kappa shape index (κ3) is 3.93. The zero-order chi connectivity index (χ0) is 19.3. The van der Waals surface area contributed by atoms with Crippen LogP contribution in [0.25, 0.3) is 5.82 Å². The molecule has 0 aliphatic carbocycles. The number of rotatable bonds is 4. The molecule has 7 nitrogen and oxygen atoms in total. The Hall–Kier alpha value is -3.48. The van der Waals surface area contributed by atoms with Crippen molar-refractivity contribution in [1.82, 2.24) is 24.8 Å². The van der Waals surface area contributed by atoms with E-state index >= 15 is 0 Å². The second kappa shape index (κ2) is 8.04. The normalized spacial score (nSPS) is 14.6. The minimum atomic E-state index is -0.0651. The molecule has 0 unspecified atom stereocenters. The Bertz CT molecular complexity index is 931. The van der Waals surface area contributed by atoms with Crippen molar-refractivity contribution < 1.29 is 9.59 Å². The fourth-order valence-electron chi connectivity index (χ4n) is 3.33. The predicted octanol–water partition coefficient (Wildman–Crippen LogP) is 2.30. The highest BCUT2D eigenvalue weighted by atomic mass is 16.2.